The molecule has 1 saturated heterocycles. The molecule has 1 atom stereocenters. The van der Waals surface area contributed by atoms with E-state index in [0.29, 0.717) is 47.4 Å². The first kappa shape index (κ1) is 27.8. The van der Waals surface area contributed by atoms with Gasteiger partial charge in [0.2, 0.25) is 0 Å². The van der Waals surface area contributed by atoms with Crippen molar-refractivity contribution in [1.29, 1.82) is 0 Å². The number of fused-ring (bicyclic) bond motifs is 1. The topological polar surface area (TPSA) is 93.9 Å². The van der Waals surface area contributed by atoms with Crippen LogP contribution in [-0.2, 0) is 9.84 Å². The van der Waals surface area contributed by atoms with Crippen LogP contribution in [0.25, 0.3) is 22.3 Å². The number of hydrogen-bond donors (Lipinski definition) is 1. The average Bonchev–Trinajstić information content (AvgIpc) is 3.54. The van der Waals surface area contributed by atoms with Crippen LogP contribution in [0.2, 0.25) is 0 Å². The fourth-order valence-electron chi connectivity index (χ4n) is 5.84. The molecule has 1 unspecified atom stereocenters. The summed E-state index contributed by atoms with van der Waals surface area (Å²) in [6.07, 6.45) is 1.08. The van der Waals surface area contributed by atoms with Gasteiger partial charge in [-0.2, -0.15) is 5.10 Å². The number of amides is 1. The van der Waals surface area contributed by atoms with E-state index in [9.17, 15) is 17.6 Å². The molecule has 1 aliphatic rings. The highest BCUT2D eigenvalue weighted by atomic mass is 32.2. The van der Waals surface area contributed by atoms with Gasteiger partial charge in [0, 0.05) is 18.0 Å². The Kier molecular flexibility index (Phi) is 7.60. The second-order valence-corrected chi connectivity index (χ2v) is 13.0. The van der Waals surface area contributed by atoms with Crippen molar-refractivity contribution in [2.75, 3.05) is 18.1 Å². The Balaban J connectivity index is 1.35. The third-order valence-corrected chi connectivity index (χ3v) is 9.66. The molecule has 0 aliphatic carbocycles. The minimum Gasteiger partial charge on any atom is -0.352 e. The SMILES string of the molecule is Cc1nn(C2CCS(=O)(=O)C2)c2nc(-c3ccccc3F)cc(C(=O)NCCC(c3ccccc3)c3ccccc3)c12. The van der Waals surface area contributed by atoms with Crippen LogP contribution in [0.5, 0.6) is 0 Å². The largest absolute Gasteiger partial charge is 0.352 e. The van der Waals surface area contributed by atoms with Crippen LogP contribution < -0.4 is 5.32 Å². The maximum absolute atomic E-state index is 14.9. The first-order valence-corrected chi connectivity index (χ1v) is 15.9. The maximum Gasteiger partial charge on any atom is 0.252 e. The molecule has 6 rings (SSSR count). The summed E-state index contributed by atoms with van der Waals surface area (Å²) in [5.41, 5.74) is 4.15. The van der Waals surface area contributed by atoms with Crippen molar-refractivity contribution in [3.8, 4) is 11.3 Å². The highest BCUT2D eigenvalue weighted by Crippen LogP contribution is 2.33. The number of carbonyl (C=O) groups excluding carboxylic acids is 1. The van der Waals surface area contributed by atoms with Gasteiger partial charge in [0.1, 0.15) is 5.82 Å². The van der Waals surface area contributed by atoms with Crippen molar-refractivity contribution in [1.82, 2.24) is 20.1 Å². The van der Waals surface area contributed by atoms with E-state index in [1.807, 2.05) is 36.4 Å². The fourth-order valence-corrected chi connectivity index (χ4v) is 7.54. The van der Waals surface area contributed by atoms with Crippen molar-refractivity contribution < 1.29 is 17.6 Å². The smallest absolute Gasteiger partial charge is 0.252 e. The lowest BCUT2D eigenvalue weighted by atomic mass is 9.88. The molecule has 3 aromatic carbocycles. The molecule has 214 valence electrons. The first-order chi connectivity index (χ1) is 20.3. The molecule has 9 heteroatoms. The van der Waals surface area contributed by atoms with Crippen molar-refractivity contribution >= 4 is 26.8 Å². The molecule has 42 heavy (non-hydrogen) atoms. The molecule has 2 aromatic heterocycles. The summed E-state index contributed by atoms with van der Waals surface area (Å²) in [7, 11) is -3.19. The summed E-state index contributed by atoms with van der Waals surface area (Å²) in [5.74, 6) is -0.663. The third kappa shape index (κ3) is 5.56. The van der Waals surface area contributed by atoms with Crippen LogP contribution in [0.15, 0.2) is 91.0 Å². The van der Waals surface area contributed by atoms with E-state index in [4.69, 9.17) is 4.98 Å². The minimum atomic E-state index is -3.19. The van der Waals surface area contributed by atoms with Gasteiger partial charge in [-0.25, -0.2) is 22.5 Å². The predicted molar refractivity (Wildman–Crippen MR) is 162 cm³/mol. The Morgan fingerprint density at radius 3 is 2.26 bits per heavy atom. The zero-order valence-electron chi connectivity index (χ0n) is 23.2. The van der Waals surface area contributed by atoms with Crippen LogP contribution in [-0.4, -0.2) is 47.1 Å². The highest BCUT2D eigenvalue weighted by molar-refractivity contribution is 7.91. The van der Waals surface area contributed by atoms with Crippen molar-refractivity contribution in [2.24, 2.45) is 0 Å². The fraction of sp³-hybridized carbons (Fsp3) is 0.242. The Morgan fingerprint density at radius 2 is 1.64 bits per heavy atom. The number of hydrogen-bond acceptors (Lipinski definition) is 5. The highest BCUT2D eigenvalue weighted by Gasteiger charge is 2.32. The number of sulfone groups is 1. The number of benzene rings is 3. The summed E-state index contributed by atoms with van der Waals surface area (Å²) >= 11 is 0. The number of nitrogens with one attached hydrogen (secondary N) is 1. The molecule has 1 aliphatic heterocycles. The van der Waals surface area contributed by atoms with Gasteiger partial charge in [0.25, 0.3) is 5.91 Å². The van der Waals surface area contributed by atoms with Crippen LogP contribution in [0.1, 0.15) is 52.0 Å². The Hall–Kier alpha value is -4.37. The van der Waals surface area contributed by atoms with Crippen LogP contribution in [0, 0.1) is 12.7 Å². The number of halogens is 1. The van der Waals surface area contributed by atoms with Crippen molar-refractivity contribution in [2.45, 2.75) is 31.7 Å². The molecule has 0 spiro atoms. The summed E-state index contributed by atoms with van der Waals surface area (Å²) in [6, 6.07) is 27.9. The summed E-state index contributed by atoms with van der Waals surface area (Å²) in [4.78, 5) is 18.5. The van der Waals surface area contributed by atoms with Crippen LogP contribution in [0.4, 0.5) is 4.39 Å². The Labute approximate surface area is 244 Å². The first-order valence-electron chi connectivity index (χ1n) is 14.0. The molecule has 0 radical (unpaired) electrons. The summed E-state index contributed by atoms with van der Waals surface area (Å²) < 4.78 is 41.0. The van der Waals surface area contributed by atoms with Gasteiger partial charge < -0.3 is 5.32 Å². The monoisotopic (exact) mass is 582 g/mol. The van der Waals surface area contributed by atoms with Crippen LogP contribution in [0.3, 0.4) is 0 Å². The standard InChI is InChI=1S/C33H31FN4O3S/c1-22-31-28(33(39)35-18-16-26(23-10-4-2-5-11-23)24-12-6-3-7-13-24)20-30(27-14-8-9-15-29(27)34)36-32(31)38(37-22)25-17-19-42(40,41)21-25/h2-15,20,25-26H,16-19,21H2,1H3,(H,35,39). The maximum atomic E-state index is 14.9. The van der Waals surface area contributed by atoms with Gasteiger partial charge in [-0.1, -0.05) is 72.8 Å². The van der Waals surface area contributed by atoms with Gasteiger partial charge in [-0.3, -0.25) is 4.79 Å². The second kappa shape index (κ2) is 11.5. The van der Waals surface area contributed by atoms with Gasteiger partial charge in [-0.15, -0.1) is 0 Å². The Morgan fingerprint density at radius 1 is 1.00 bits per heavy atom. The van der Waals surface area contributed by atoms with Crippen molar-refractivity contribution in [3.63, 3.8) is 0 Å². The van der Waals surface area contributed by atoms with Gasteiger partial charge >= 0.3 is 0 Å². The van der Waals surface area contributed by atoms with E-state index in [1.165, 1.54) is 6.07 Å². The molecule has 1 amide bonds. The number of aromatic nitrogens is 3. The second-order valence-electron chi connectivity index (χ2n) is 10.7. The molecule has 3 heterocycles. The number of rotatable bonds is 8. The number of carbonyl (C=O) groups is 1. The van der Waals surface area contributed by atoms with E-state index in [2.05, 4.69) is 34.7 Å². The molecular weight excluding hydrogens is 551 g/mol. The van der Waals surface area contributed by atoms with E-state index in [0.717, 1.165) is 11.1 Å². The van der Waals surface area contributed by atoms with Gasteiger partial charge in [0.15, 0.2) is 15.5 Å². The molecule has 1 N–H and O–H groups in total. The predicted octanol–water partition coefficient (Wildman–Crippen LogP) is 5.86. The van der Waals surface area contributed by atoms with E-state index < -0.39 is 21.7 Å². The average molecular weight is 583 g/mol. The zero-order chi connectivity index (χ0) is 29.3. The molecule has 7 nitrogen and oxygen atoms in total. The lowest BCUT2D eigenvalue weighted by Crippen LogP contribution is -2.26. The van der Waals surface area contributed by atoms with Gasteiger partial charge in [-0.05, 0) is 49.1 Å². The van der Waals surface area contributed by atoms with Crippen LogP contribution >= 0.6 is 0 Å². The quantitative estimate of drug-likeness (QED) is 0.248. The number of pyridine rings is 1. The summed E-state index contributed by atoms with van der Waals surface area (Å²) in [5, 5.41) is 8.26. The molecule has 0 bridgehead atoms. The lowest BCUT2D eigenvalue weighted by Gasteiger charge is -2.19. The molecule has 0 saturated carbocycles. The minimum absolute atomic E-state index is 0.0449. The van der Waals surface area contributed by atoms with E-state index >= 15 is 0 Å². The summed E-state index contributed by atoms with van der Waals surface area (Å²) in [6.45, 7) is 2.19. The van der Waals surface area contributed by atoms with Gasteiger partial charge in [0.05, 0.1) is 39.9 Å². The van der Waals surface area contributed by atoms with E-state index in [1.54, 1.807) is 35.9 Å². The Bertz CT molecular complexity index is 1820. The molecule has 1 fully saturated rings. The van der Waals surface area contributed by atoms with Crippen molar-refractivity contribution in [3.05, 3.63) is 119 Å². The molecule has 5 aromatic rings. The lowest BCUT2D eigenvalue weighted by molar-refractivity contribution is 0.0954. The zero-order valence-corrected chi connectivity index (χ0v) is 24.0. The normalized spacial score (nSPS) is 16.2. The van der Waals surface area contributed by atoms with E-state index in [-0.39, 0.29) is 28.9 Å². The third-order valence-electron chi connectivity index (χ3n) is 7.91. The number of aryl methyl sites for hydroxylation is 1. The molecular formula is C33H31FN4O3S. The number of nitrogens with zero attached hydrogens (tertiary/aromatic N) is 3.